The summed E-state index contributed by atoms with van der Waals surface area (Å²) in [7, 11) is 7.27. The van der Waals surface area contributed by atoms with Crippen LogP contribution < -0.4 is 12.3 Å². The van der Waals surface area contributed by atoms with Gasteiger partial charge in [-0.2, -0.15) is 0 Å². The van der Waals surface area contributed by atoms with E-state index < -0.39 is 0 Å². The zero-order chi connectivity index (χ0) is 9.97. The lowest BCUT2D eigenvalue weighted by Crippen LogP contribution is -2.65. The van der Waals surface area contributed by atoms with Crippen molar-refractivity contribution in [1.82, 2.24) is 12.3 Å². The molecule has 11 N–H and O–H groups in total. The van der Waals surface area contributed by atoms with Crippen molar-refractivity contribution in [1.29, 1.82) is 0 Å². The van der Waals surface area contributed by atoms with Crippen molar-refractivity contribution in [3.63, 3.8) is 0 Å². The topological polar surface area (TPSA) is 163 Å². The van der Waals surface area contributed by atoms with Crippen molar-refractivity contribution < 1.29 is 20.9 Å². The molecule has 6 nitrogen and oxygen atoms in total. The average molecular weight is 281 g/mol. The quantitative estimate of drug-likeness (QED) is 0.707. The van der Waals surface area contributed by atoms with Crippen LogP contribution in [-0.2, 0) is 0 Å². The smallest absolute Gasteiger partial charge is 0.0994 e. The summed E-state index contributed by atoms with van der Waals surface area (Å²) in [6, 6.07) is 0. The molecule has 0 spiro atoms. The van der Waals surface area contributed by atoms with Crippen molar-refractivity contribution >= 4 is 0 Å². The van der Waals surface area contributed by atoms with E-state index in [1.807, 2.05) is 0 Å². The van der Waals surface area contributed by atoms with Crippen LogP contribution in [0.1, 0.15) is 38.5 Å². The first-order chi connectivity index (χ1) is 6.48. The second-order valence-electron chi connectivity index (χ2n) is 7.15. The number of rotatable bonds is 1. The molecule has 4 saturated carbocycles. The Bertz CT molecular complexity index is 231. The lowest BCUT2D eigenvalue weighted by molar-refractivity contribution is -0.930. The SMILES string of the molecule is C[N+](C)(C)C12CC3CC(CC(C3)C1)C2.[NH4+].[NH4+].[OH-].[OH-].[OH-]. The van der Waals surface area contributed by atoms with Crippen LogP contribution in [0, 0.1) is 17.8 Å². The first-order valence-electron chi connectivity index (χ1n) is 6.30. The second-order valence-corrected chi connectivity index (χ2v) is 7.15. The van der Waals surface area contributed by atoms with Crippen LogP contribution in [0.5, 0.6) is 0 Å². The molecule has 4 aliphatic carbocycles. The molecule has 0 saturated heterocycles. The fraction of sp³-hybridized carbons (Fsp3) is 1.00. The zero-order valence-corrected chi connectivity index (χ0v) is 13.3. The molecule has 4 aliphatic rings. The van der Waals surface area contributed by atoms with Crippen LogP contribution in [0.2, 0.25) is 0 Å². The predicted octanol–water partition coefficient (Wildman–Crippen LogP) is 2.88. The Labute approximate surface area is 117 Å². The highest BCUT2D eigenvalue weighted by molar-refractivity contribution is 5.02. The Morgan fingerprint density at radius 1 is 0.684 bits per heavy atom. The molecule has 6 heteroatoms. The van der Waals surface area contributed by atoms with Crippen LogP contribution in [-0.4, -0.2) is 47.6 Å². The van der Waals surface area contributed by atoms with E-state index in [-0.39, 0.29) is 28.7 Å². The summed E-state index contributed by atoms with van der Waals surface area (Å²) in [5, 5.41) is 0. The summed E-state index contributed by atoms with van der Waals surface area (Å²) in [5.41, 5.74) is 0.675. The minimum atomic E-state index is 0. The molecule has 0 aliphatic heterocycles. The highest BCUT2D eigenvalue weighted by Crippen LogP contribution is 2.58. The minimum Gasteiger partial charge on any atom is -0.870 e. The Morgan fingerprint density at radius 2 is 0.947 bits per heavy atom. The van der Waals surface area contributed by atoms with Gasteiger partial charge in [-0.15, -0.1) is 0 Å². The zero-order valence-electron chi connectivity index (χ0n) is 13.3. The highest BCUT2D eigenvalue weighted by Gasteiger charge is 2.57. The molecule has 4 rings (SSSR count). The van der Waals surface area contributed by atoms with Crippen molar-refractivity contribution in [2.24, 2.45) is 17.8 Å². The van der Waals surface area contributed by atoms with E-state index in [0.717, 1.165) is 17.8 Å². The Morgan fingerprint density at radius 3 is 1.16 bits per heavy atom. The van der Waals surface area contributed by atoms with E-state index in [1.54, 1.807) is 19.3 Å². The van der Waals surface area contributed by atoms with Gasteiger partial charge in [-0.25, -0.2) is 0 Å². The van der Waals surface area contributed by atoms with Crippen LogP contribution in [0.15, 0.2) is 0 Å². The molecule has 4 bridgehead atoms. The molecular weight excluding hydrogens is 246 g/mol. The summed E-state index contributed by atoms with van der Waals surface area (Å²) in [6.45, 7) is 0. The van der Waals surface area contributed by atoms with Crippen LogP contribution >= 0.6 is 0 Å². The number of quaternary nitrogens is 3. The molecule has 0 aromatic carbocycles. The molecule has 120 valence electrons. The number of nitrogens with zero attached hydrogens (tertiary/aromatic N) is 1. The molecule has 0 aromatic heterocycles. The standard InChI is InChI=1S/C13H24N.2H3N.3H2O/c1-14(2,3)13-7-10-4-11(8-13)6-12(5-10)9-13;;;;;/h10-12H,4-9H2,1-3H3;2*1H3;3*1H2/q+1;;;;;/p-1. The van der Waals surface area contributed by atoms with Gasteiger partial charge in [0.15, 0.2) is 0 Å². The van der Waals surface area contributed by atoms with Crippen LogP contribution in [0.3, 0.4) is 0 Å². The van der Waals surface area contributed by atoms with Crippen LogP contribution in [0.25, 0.3) is 0 Å². The Kier molecular flexibility index (Phi) is 8.74. The molecule has 4 fully saturated rings. The van der Waals surface area contributed by atoms with Gasteiger partial charge in [0.05, 0.1) is 26.7 Å². The fourth-order valence-electron chi connectivity index (χ4n) is 4.89. The van der Waals surface area contributed by atoms with E-state index in [4.69, 9.17) is 0 Å². The van der Waals surface area contributed by atoms with Gasteiger partial charge in [0, 0.05) is 19.3 Å². The van der Waals surface area contributed by atoms with Gasteiger partial charge in [-0.05, 0) is 37.0 Å². The summed E-state index contributed by atoms with van der Waals surface area (Å²) in [5.74, 6) is 3.29. The largest absolute Gasteiger partial charge is 0.870 e. The summed E-state index contributed by atoms with van der Waals surface area (Å²) < 4.78 is 1.22. The van der Waals surface area contributed by atoms with Crippen LogP contribution in [0.4, 0.5) is 0 Å². The molecule has 0 heterocycles. The van der Waals surface area contributed by atoms with Gasteiger partial charge in [0.2, 0.25) is 0 Å². The fourth-order valence-corrected chi connectivity index (χ4v) is 4.89. The van der Waals surface area contributed by atoms with Crippen molar-refractivity contribution in [2.75, 3.05) is 21.1 Å². The third-order valence-electron chi connectivity index (χ3n) is 5.43. The maximum absolute atomic E-state index is 2.42. The average Bonchev–Trinajstić information content (AvgIpc) is 1.98. The van der Waals surface area contributed by atoms with Gasteiger partial charge in [-0.3, -0.25) is 0 Å². The molecule has 0 unspecified atom stereocenters. The molecule has 0 atom stereocenters. The third kappa shape index (κ3) is 3.45. The first kappa shape index (κ1) is 23.8. The maximum Gasteiger partial charge on any atom is 0.0994 e. The van der Waals surface area contributed by atoms with Gasteiger partial charge in [-0.1, -0.05) is 0 Å². The number of hydrogen-bond donors (Lipinski definition) is 2. The van der Waals surface area contributed by atoms with Gasteiger partial charge in [0.1, 0.15) is 0 Å². The maximum atomic E-state index is 2.42. The number of hydrogen-bond acceptors (Lipinski definition) is 3. The molecule has 0 radical (unpaired) electrons. The van der Waals surface area contributed by atoms with E-state index in [2.05, 4.69) is 21.1 Å². The summed E-state index contributed by atoms with van der Waals surface area (Å²) in [6.07, 6.45) is 9.30. The van der Waals surface area contributed by atoms with E-state index in [0.29, 0.717) is 5.54 Å². The molecule has 0 amide bonds. The van der Waals surface area contributed by atoms with Crippen molar-refractivity contribution in [2.45, 2.75) is 44.1 Å². The summed E-state index contributed by atoms with van der Waals surface area (Å²) >= 11 is 0. The Balaban J connectivity index is -0.000000512. The summed E-state index contributed by atoms with van der Waals surface area (Å²) in [4.78, 5) is 0. The van der Waals surface area contributed by atoms with E-state index >= 15 is 0 Å². The predicted molar refractivity (Wildman–Crippen MR) is 76.7 cm³/mol. The van der Waals surface area contributed by atoms with E-state index in [1.165, 1.54) is 23.7 Å². The first-order valence-corrected chi connectivity index (χ1v) is 6.30. The third-order valence-corrected chi connectivity index (χ3v) is 5.43. The lowest BCUT2D eigenvalue weighted by Gasteiger charge is -2.61. The highest BCUT2D eigenvalue weighted by atomic mass is 16.0. The molecule has 0 aromatic rings. The van der Waals surface area contributed by atoms with Crippen molar-refractivity contribution in [3.8, 4) is 0 Å². The molecular formula is C13H35N3O3. The van der Waals surface area contributed by atoms with Gasteiger partial charge in [0.25, 0.3) is 0 Å². The Hall–Kier alpha value is -0.240. The monoisotopic (exact) mass is 281 g/mol. The van der Waals surface area contributed by atoms with Gasteiger partial charge >= 0.3 is 0 Å². The lowest BCUT2D eigenvalue weighted by atomic mass is 9.52. The van der Waals surface area contributed by atoms with Gasteiger partial charge < -0.3 is 33.2 Å². The van der Waals surface area contributed by atoms with E-state index in [9.17, 15) is 0 Å². The molecule has 19 heavy (non-hydrogen) atoms. The van der Waals surface area contributed by atoms with Crippen molar-refractivity contribution in [3.05, 3.63) is 0 Å². The minimum absolute atomic E-state index is 0. The second kappa shape index (κ2) is 6.97. The normalized spacial score (nSPS) is 37.7.